The van der Waals surface area contributed by atoms with Crippen LogP contribution in [0.3, 0.4) is 0 Å². The van der Waals surface area contributed by atoms with Crippen LogP contribution in [0.2, 0.25) is 0 Å². The lowest BCUT2D eigenvalue weighted by atomic mass is 10.0. The first-order valence-corrected chi connectivity index (χ1v) is 6.97. The predicted octanol–water partition coefficient (Wildman–Crippen LogP) is 4.22. The van der Waals surface area contributed by atoms with Crippen molar-refractivity contribution < 1.29 is 4.42 Å². The van der Waals surface area contributed by atoms with Crippen molar-refractivity contribution in [1.29, 1.82) is 0 Å². The minimum Gasteiger partial charge on any atom is -0.464 e. The average Bonchev–Trinajstić information content (AvgIpc) is 2.81. The molecular weight excluding hydrogens is 290 g/mol. The number of rotatable bonds is 4. The summed E-state index contributed by atoms with van der Waals surface area (Å²) in [6.45, 7) is 4.18. The van der Waals surface area contributed by atoms with Crippen LogP contribution in [0.4, 0.5) is 0 Å². The van der Waals surface area contributed by atoms with Crippen molar-refractivity contribution in [3.8, 4) is 0 Å². The molecule has 0 fully saturated rings. The summed E-state index contributed by atoms with van der Waals surface area (Å²) in [4.78, 5) is 0. The van der Waals surface area contributed by atoms with Crippen LogP contribution >= 0.6 is 15.9 Å². The Labute approximate surface area is 117 Å². The number of benzene rings is 1. The van der Waals surface area contributed by atoms with Gasteiger partial charge < -0.3 is 9.73 Å². The van der Waals surface area contributed by atoms with Crippen molar-refractivity contribution >= 4 is 15.9 Å². The molecular formula is C15H18BrNO. The van der Waals surface area contributed by atoms with Gasteiger partial charge in [0.05, 0.1) is 6.04 Å². The third-order valence-corrected chi connectivity index (χ3v) is 3.76. The van der Waals surface area contributed by atoms with E-state index in [2.05, 4.69) is 53.3 Å². The predicted molar refractivity (Wildman–Crippen MR) is 77.9 cm³/mol. The highest BCUT2D eigenvalue weighted by Crippen LogP contribution is 2.30. The molecule has 0 spiro atoms. The molecule has 2 nitrogen and oxygen atoms in total. The number of furan rings is 1. The largest absolute Gasteiger partial charge is 0.464 e. The van der Waals surface area contributed by atoms with Crippen LogP contribution < -0.4 is 5.32 Å². The second kappa shape index (κ2) is 5.72. The Morgan fingerprint density at radius 1 is 1.28 bits per heavy atom. The lowest BCUT2D eigenvalue weighted by molar-refractivity contribution is 0.433. The fraction of sp³-hybridized carbons (Fsp3) is 0.333. The number of nitrogens with one attached hydrogen (secondary N) is 1. The number of halogens is 1. The Kier molecular flexibility index (Phi) is 4.25. The standard InChI is InChI=1S/C15H18BrNO/c1-4-11-6-8-14(18-11)15(17-3)12-7-5-10(2)9-13(12)16/h5-9,15,17H,4H2,1-3H3. The summed E-state index contributed by atoms with van der Waals surface area (Å²) in [5, 5.41) is 3.31. The SMILES string of the molecule is CCc1ccc(C(NC)c2ccc(C)cc2Br)o1. The van der Waals surface area contributed by atoms with Crippen molar-refractivity contribution in [3.05, 3.63) is 57.5 Å². The summed E-state index contributed by atoms with van der Waals surface area (Å²) in [6, 6.07) is 10.6. The lowest BCUT2D eigenvalue weighted by Crippen LogP contribution is -2.17. The van der Waals surface area contributed by atoms with Gasteiger partial charge in [0.25, 0.3) is 0 Å². The molecule has 2 rings (SSSR count). The molecule has 1 atom stereocenters. The van der Waals surface area contributed by atoms with Crippen LogP contribution in [0.1, 0.15) is 35.6 Å². The molecule has 2 aromatic rings. The highest BCUT2D eigenvalue weighted by atomic mass is 79.9. The minimum atomic E-state index is 0.0836. The quantitative estimate of drug-likeness (QED) is 0.915. The minimum absolute atomic E-state index is 0.0836. The molecule has 0 aliphatic carbocycles. The molecule has 0 aliphatic rings. The molecule has 0 amide bonds. The Morgan fingerprint density at radius 2 is 2.06 bits per heavy atom. The number of hydrogen-bond donors (Lipinski definition) is 1. The third-order valence-electron chi connectivity index (χ3n) is 3.07. The van der Waals surface area contributed by atoms with Gasteiger partial charge in [-0.25, -0.2) is 0 Å². The first kappa shape index (κ1) is 13.4. The van der Waals surface area contributed by atoms with Crippen LogP contribution in [-0.2, 0) is 6.42 Å². The molecule has 0 saturated heterocycles. The van der Waals surface area contributed by atoms with Crippen LogP contribution in [0.25, 0.3) is 0 Å². The van der Waals surface area contributed by atoms with Crippen molar-refractivity contribution in [3.63, 3.8) is 0 Å². The summed E-state index contributed by atoms with van der Waals surface area (Å²) < 4.78 is 6.95. The molecule has 1 N–H and O–H groups in total. The third kappa shape index (κ3) is 2.68. The van der Waals surface area contributed by atoms with E-state index in [0.29, 0.717) is 0 Å². The van der Waals surface area contributed by atoms with Gasteiger partial charge in [0.15, 0.2) is 0 Å². The van der Waals surface area contributed by atoms with E-state index in [-0.39, 0.29) is 6.04 Å². The summed E-state index contributed by atoms with van der Waals surface area (Å²) in [5.74, 6) is 1.98. The van der Waals surface area contributed by atoms with Crippen LogP contribution in [0.15, 0.2) is 39.2 Å². The number of aryl methyl sites for hydroxylation is 2. The second-order valence-corrected chi connectivity index (χ2v) is 5.26. The van der Waals surface area contributed by atoms with E-state index in [1.165, 1.54) is 11.1 Å². The van der Waals surface area contributed by atoms with Crippen molar-refractivity contribution in [1.82, 2.24) is 5.32 Å². The van der Waals surface area contributed by atoms with Gasteiger partial charge in [-0.05, 0) is 43.3 Å². The molecule has 0 bridgehead atoms. The fourth-order valence-corrected chi connectivity index (χ4v) is 2.78. The Bertz CT molecular complexity index is 533. The first-order chi connectivity index (χ1) is 8.65. The fourth-order valence-electron chi connectivity index (χ4n) is 2.06. The molecule has 96 valence electrons. The molecule has 1 heterocycles. The summed E-state index contributed by atoms with van der Waals surface area (Å²) in [5.41, 5.74) is 2.44. The molecule has 3 heteroatoms. The van der Waals surface area contributed by atoms with Crippen LogP contribution in [-0.4, -0.2) is 7.05 Å². The van der Waals surface area contributed by atoms with E-state index in [9.17, 15) is 0 Å². The lowest BCUT2D eigenvalue weighted by Gasteiger charge is -2.16. The first-order valence-electron chi connectivity index (χ1n) is 6.17. The molecule has 1 aromatic carbocycles. The second-order valence-electron chi connectivity index (χ2n) is 4.40. The smallest absolute Gasteiger partial charge is 0.125 e. The number of hydrogen-bond acceptors (Lipinski definition) is 2. The highest BCUT2D eigenvalue weighted by Gasteiger charge is 2.18. The van der Waals surface area contributed by atoms with E-state index in [1.807, 2.05) is 19.2 Å². The molecule has 0 saturated carbocycles. The van der Waals surface area contributed by atoms with E-state index in [4.69, 9.17) is 4.42 Å². The van der Waals surface area contributed by atoms with Crippen LogP contribution in [0.5, 0.6) is 0 Å². The molecule has 1 unspecified atom stereocenters. The summed E-state index contributed by atoms with van der Waals surface area (Å²) in [7, 11) is 1.95. The van der Waals surface area contributed by atoms with Gasteiger partial charge >= 0.3 is 0 Å². The average molecular weight is 308 g/mol. The van der Waals surface area contributed by atoms with Crippen molar-refractivity contribution in [2.45, 2.75) is 26.3 Å². The summed E-state index contributed by atoms with van der Waals surface area (Å²) in [6.07, 6.45) is 0.922. The molecule has 18 heavy (non-hydrogen) atoms. The highest BCUT2D eigenvalue weighted by molar-refractivity contribution is 9.10. The molecule has 0 aliphatic heterocycles. The van der Waals surface area contributed by atoms with Crippen molar-refractivity contribution in [2.75, 3.05) is 7.05 Å². The van der Waals surface area contributed by atoms with E-state index >= 15 is 0 Å². The zero-order valence-electron chi connectivity index (χ0n) is 11.0. The van der Waals surface area contributed by atoms with Gasteiger partial charge in [-0.15, -0.1) is 0 Å². The molecule has 1 aromatic heterocycles. The zero-order chi connectivity index (χ0) is 13.1. The van der Waals surface area contributed by atoms with Crippen molar-refractivity contribution in [2.24, 2.45) is 0 Å². The van der Waals surface area contributed by atoms with Gasteiger partial charge in [0.2, 0.25) is 0 Å². The zero-order valence-corrected chi connectivity index (χ0v) is 12.5. The maximum Gasteiger partial charge on any atom is 0.125 e. The monoisotopic (exact) mass is 307 g/mol. The van der Waals surface area contributed by atoms with Gasteiger partial charge in [-0.2, -0.15) is 0 Å². The van der Waals surface area contributed by atoms with Gasteiger partial charge in [0.1, 0.15) is 11.5 Å². The maximum absolute atomic E-state index is 5.84. The van der Waals surface area contributed by atoms with Gasteiger partial charge in [-0.3, -0.25) is 0 Å². The van der Waals surface area contributed by atoms with Gasteiger partial charge in [0, 0.05) is 10.9 Å². The van der Waals surface area contributed by atoms with Crippen LogP contribution in [0, 0.1) is 6.92 Å². The topological polar surface area (TPSA) is 25.2 Å². The van der Waals surface area contributed by atoms with E-state index < -0.39 is 0 Å². The van der Waals surface area contributed by atoms with Gasteiger partial charge in [-0.1, -0.05) is 35.0 Å². The Hall–Kier alpha value is -1.06. The normalized spacial score (nSPS) is 12.7. The van der Waals surface area contributed by atoms with E-state index in [1.54, 1.807) is 0 Å². The van der Waals surface area contributed by atoms with E-state index in [0.717, 1.165) is 22.4 Å². The Balaban J connectivity index is 2.38. The Morgan fingerprint density at radius 3 is 2.61 bits per heavy atom. The maximum atomic E-state index is 5.84. The molecule has 0 radical (unpaired) electrons. The summed E-state index contributed by atoms with van der Waals surface area (Å²) >= 11 is 3.63.